The molecule has 2 aromatic rings. The summed E-state index contributed by atoms with van der Waals surface area (Å²) in [5.74, 6) is 0.553. The maximum atomic E-state index is 12.9. The van der Waals surface area contributed by atoms with Gasteiger partial charge < -0.3 is 9.64 Å². The Kier molecular flexibility index (Phi) is 4.53. The van der Waals surface area contributed by atoms with Crippen molar-refractivity contribution in [1.82, 2.24) is 4.90 Å². The zero-order chi connectivity index (χ0) is 18.2. The van der Waals surface area contributed by atoms with Crippen molar-refractivity contribution < 1.29 is 17.9 Å². The van der Waals surface area contributed by atoms with E-state index < -0.39 is 10.0 Å². The van der Waals surface area contributed by atoms with Crippen LogP contribution in [0, 0.1) is 6.92 Å². The molecule has 0 unspecified atom stereocenters. The molecule has 0 aliphatic carbocycles. The molecule has 1 amide bonds. The molecule has 2 N–H and O–H groups in total. The summed E-state index contributed by atoms with van der Waals surface area (Å²) < 4.78 is 28.4. The van der Waals surface area contributed by atoms with Crippen LogP contribution in [0.2, 0.25) is 0 Å². The van der Waals surface area contributed by atoms with E-state index in [1.807, 2.05) is 18.2 Å². The van der Waals surface area contributed by atoms with E-state index in [0.717, 1.165) is 17.7 Å². The van der Waals surface area contributed by atoms with Crippen molar-refractivity contribution >= 4 is 15.9 Å². The minimum Gasteiger partial charge on any atom is -0.497 e. The fourth-order valence-electron chi connectivity index (χ4n) is 3.01. The van der Waals surface area contributed by atoms with Gasteiger partial charge in [-0.15, -0.1) is 0 Å². The highest BCUT2D eigenvalue weighted by Gasteiger charge is 2.24. The van der Waals surface area contributed by atoms with Gasteiger partial charge in [0.25, 0.3) is 5.91 Å². The number of sulfonamides is 1. The van der Waals surface area contributed by atoms with Crippen LogP contribution >= 0.6 is 0 Å². The van der Waals surface area contributed by atoms with Crippen LogP contribution < -0.4 is 9.88 Å². The Morgan fingerprint density at radius 3 is 2.60 bits per heavy atom. The van der Waals surface area contributed by atoms with Crippen molar-refractivity contribution in [1.29, 1.82) is 0 Å². The number of nitrogens with two attached hydrogens (primary N) is 1. The Labute approximate surface area is 147 Å². The number of fused-ring (bicyclic) bond motifs is 1. The molecule has 0 aromatic heterocycles. The molecule has 1 heterocycles. The van der Waals surface area contributed by atoms with Crippen molar-refractivity contribution in [2.45, 2.75) is 24.8 Å². The predicted molar refractivity (Wildman–Crippen MR) is 94.0 cm³/mol. The van der Waals surface area contributed by atoms with E-state index in [4.69, 9.17) is 9.88 Å². The van der Waals surface area contributed by atoms with Gasteiger partial charge in [0.05, 0.1) is 12.0 Å². The highest BCUT2D eigenvalue weighted by molar-refractivity contribution is 7.89. The van der Waals surface area contributed by atoms with Crippen molar-refractivity contribution in [2.24, 2.45) is 5.14 Å². The normalized spacial score (nSPS) is 14.1. The molecule has 0 spiro atoms. The zero-order valence-corrected chi connectivity index (χ0v) is 15.0. The maximum Gasteiger partial charge on any atom is 0.254 e. The monoisotopic (exact) mass is 360 g/mol. The van der Waals surface area contributed by atoms with Crippen molar-refractivity contribution in [3.05, 3.63) is 58.7 Å². The van der Waals surface area contributed by atoms with Gasteiger partial charge in [-0.3, -0.25) is 4.79 Å². The number of carbonyl (C=O) groups is 1. The Morgan fingerprint density at radius 2 is 1.92 bits per heavy atom. The lowest BCUT2D eigenvalue weighted by atomic mass is 9.98. The van der Waals surface area contributed by atoms with Crippen LogP contribution in [0.5, 0.6) is 5.75 Å². The van der Waals surface area contributed by atoms with Crippen LogP contribution in [0.25, 0.3) is 0 Å². The second kappa shape index (κ2) is 6.50. The third-order valence-corrected chi connectivity index (χ3v) is 5.39. The number of benzene rings is 2. The van der Waals surface area contributed by atoms with Crippen LogP contribution in [0.3, 0.4) is 0 Å². The average Bonchev–Trinajstić information content (AvgIpc) is 2.59. The summed E-state index contributed by atoms with van der Waals surface area (Å²) >= 11 is 0. The van der Waals surface area contributed by atoms with Gasteiger partial charge in [0.15, 0.2) is 0 Å². The van der Waals surface area contributed by atoms with Crippen molar-refractivity contribution in [2.75, 3.05) is 13.7 Å². The van der Waals surface area contributed by atoms with Crippen molar-refractivity contribution in [3.63, 3.8) is 0 Å². The molecule has 0 saturated carbocycles. The predicted octanol–water partition coefficient (Wildman–Crippen LogP) is 1.85. The molecule has 7 heteroatoms. The van der Waals surface area contributed by atoms with Crippen LogP contribution in [0.4, 0.5) is 0 Å². The molecule has 6 nitrogen and oxygen atoms in total. The van der Waals surface area contributed by atoms with E-state index in [-0.39, 0.29) is 10.8 Å². The molecule has 0 atom stereocenters. The lowest BCUT2D eigenvalue weighted by Crippen LogP contribution is -2.36. The average molecular weight is 360 g/mol. The lowest BCUT2D eigenvalue weighted by Gasteiger charge is -2.29. The highest BCUT2D eigenvalue weighted by Crippen LogP contribution is 2.26. The highest BCUT2D eigenvalue weighted by atomic mass is 32.2. The second-order valence-corrected chi connectivity index (χ2v) is 7.69. The third-order valence-electron chi connectivity index (χ3n) is 4.48. The van der Waals surface area contributed by atoms with Gasteiger partial charge in [-0.1, -0.05) is 12.1 Å². The van der Waals surface area contributed by atoms with E-state index in [2.05, 4.69) is 0 Å². The zero-order valence-electron chi connectivity index (χ0n) is 14.2. The molecule has 0 saturated heterocycles. The number of ether oxygens (including phenoxy) is 1. The molecule has 1 aliphatic rings. The number of primary sulfonamides is 1. The summed E-state index contributed by atoms with van der Waals surface area (Å²) in [7, 11) is -2.24. The van der Waals surface area contributed by atoms with Gasteiger partial charge in [0.2, 0.25) is 10.0 Å². The van der Waals surface area contributed by atoms with Crippen LogP contribution in [0.15, 0.2) is 41.3 Å². The van der Waals surface area contributed by atoms with Gasteiger partial charge in [-0.05, 0) is 54.3 Å². The maximum absolute atomic E-state index is 12.9. The number of nitrogens with zero attached hydrogens (tertiary/aromatic N) is 1. The van der Waals surface area contributed by atoms with Crippen LogP contribution in [0.1, 0.15) is 27.0 Å². The largest absolute Gasteiger partial charge is 0.497 e. The van der Waals surface area contributed by atoms with E-state index in [1.54, 1.807) is 25.0 Å². The molecule has 2 aromatic carbocycles. The lowest BCUT2D eigenvalue weighted by molar-refractivity contribution is 0.0733. The number of hydrogen-bond donors (Lipinski definition) is 1. The minimum absolute atomic E-state index is 0.0551. The van der Waals surface area contributed by atoms with Gasteiger partial charge >= 0.3 is 0 Å². The van der Waals surface area contributed by atoms with Crippen molar-refractivity contribution in [3.8, 4) is 5.75 Å². The van der Waals surface area contributed by atoms with Crippen LogP contribution in [-0.2, 0) is 23.0 Å². The summed E-state index contributed by atoms with van der Waals surface area (Å²) in [6.45, 7) is 2.82. The van der Waals surface area contributed by atoms with E-state index >= 15 is 0 Å². The smallest absolute Gasteiger partial charge is 0.254 e. The fourth-order valence-corrected chi connectivity index (χ4v) is 3.55. The number of aryl methyl sites for hydroxylation is 1. The standard InChI is InChI=1S/C18H20N2O4S/c1-12-3-6-16(25(19,22)23)10-17(12)18(21)20-8-7-13-4-5-15(24-2)9-14(13)11-20/h3-6,9-10H,7-8,11H2,1-2H3,(H2,19,22,23). The number of carbonyl (C=O) groups excluding carboxylic acids is 1. The van der Waals surface area contributed by atoms with Gasteiger partial charge in [0.1, 0.15) is 5.75 Å². The molecule has 25 heavy (non-hydrogen) atoms. The summed E-state index contributed by atoms with van der Waals surface area (Å²) in [6.07, 6.45) is 0.749. The first kappa shape index (κ1) is 17.4. The topological polar surface area (TPSA) is 89.7 Å². The number of rotatable bonds is 3. The third kappa shape index (κ3) is 3.52. The molecule has 132 valence electrons. The Morgan fingerprint density at radius 1 is 1.16 bits per heavy atom. The quantitative estimate of drug-likeness (QED) is 0.904. The van der Waals surface area contributed by atoms with Crippen LogP contribution in [-0.4, -0.2) is 32.9 Å². The molecule has 0 bridgehead atoms. The first-order valence-corrected chi connectivity index (χ1v) is 9.43. The Hall–Kier alpha value is -2.38. The van der Waals surface area contributed by atoms with Gasteiger partial charge in [-0.2, -0.15) is 0 Å². The fraction of sp³-hybridized carbons (Fsp3) is 0.278. The van der Waals surface area contributed by atoms with E-state index in [1.165, 1.54) is 17.7 Å². The molecular formula is C18H20N2O4S. The Bertz CT molecular complexity index is 938. The molecule has 1 aliphatic heterocycles. The molecular weight excluding hydrogens is 340 g/mol. The minimum atomic E-state index is -3.85. The number of hydrogen-bond acceptors (Lipinski definition) is 4. The number of methoxy groups -OCH3 is 1. The summed E-state index contributed by atoms with van der Waals surface area (Å²) in [5, 5.41) is 5.18. The Balaban J connectivity index is 1.92. The van der Waals surface area contributed by atoms with E-state index in [0.29, 0.717) is 24.2 Å². The summed E-state index contributed by atoms with van der Waals surface area (Å²) in [5.41, 5.74) is 3.31. The second-order valence-electron chi connectivity index (χ2n) is 6.13. The van der Waals surface area contributed by atoms with Gasteiger partial charge in [0, 0.05) is 18.7 Å². The molecule has 0 radical (unpaired) electrons. The SMILES string of the molecule is COc1ccc2c(c1)CN(C(=O)c1cc(S(N)(=O)=O)ccc1C)CC2. The van der Waals surface area contributed by atoms with E-state index in [9.17, 15) is 13.2 Å². The summed E-state index contributed by atoms with van der Waals surface area (Å²) in [4.78, 5) is 14.6. The summed E-state index contributed by atoms with van der Waals surface area (Å²) in [6, 6.07) is 10.2. The van der Waals surface area contributed by atoms with Gasteiger partial charge in [-0.25, -0.2) is 13.6 Å². The molecule has 3 rings (SSSR count). The number of amides is 1. The first-order valence-electron chi connectivity index (χ1n) is 7.88. The molecule has 0 fully saturated rings. The first-order chi connectivity index (χ1) is 11.8.